The molecular formula is C17H18O2S. The molecule has 104 valence electrons. The molecule has 2 aromatic carbocycles. The SMILES string of the molecule is CC(C)(C)OOC(=S)c1ccccc1-c1ccccc1. The quantitative estimate of drug-likeness (QED) is 0.460. The van der Waals surface area contributed by atoms with Gasteiger partial charge in [-0.05, 0) is 50.2 Å². The van der Waals surface area contributed by atoms with Crippen molar-refractivity contribution in [2.75, 3.05) is 0 Å². The van der Waals surface area contributed by atoms with Crippen molar-refractivity contribution in [3.8, 4) is 11.1 Å². The van der Waals surface area contributed by atoms with Crippen LogP contribution in [0.15, 0.2) is 54.6 Å². The van der Waals surface area contributed by atoms with Crippen LogP contribution in [0.2, 0.25) is 0 Å². The molecule has 0 aliphatic carbocycles. The smallest absolute Gasteiger partial charge is 0.236 e. The molecule has 0 N–H and O–H groups in total. The monoisotopic (exact) mass is 286 g/mol. The Kier molecular flexibility index (Phi) is 4.53. The Morgan fingerprint density at radius 1 is 0.900 bits per heavy atom. The molecule has 0 atom stereocenters. The standard InChI is InChI=1S/C17H18O2S/c1-17(2,3)19-18-16(20)15-12-8-7-11-14(15)13-9-5-4-6-10-13/h4-12H,1-3H3. The largest absolute Gasteiger partial charge is 0.324 e. The van der Waals surface area contributed by atoms with Gasteiger partial charge in [0.1, 0.15) is 5.60 Å². The first-order valence-electron chi connectivity index (χ1n) is 6.52. The maximum atomic E-state index is 5.33. The Hall–Kier alpha value is -1.71. The molecule has 3 heteroatoms. The van der Waals surface area contributed by atoms with Crippen LogP contribution in [0.3, 0.4) is 0 Å². The number of hydrogen-bond acceptors (Lipinski definition) is 3. The van der Waals surface area contributed by atoms with Crippen LogP contribution in [-0.4, -0.2) is 10.7 Å². The van der Waals surface area contributed by atoms with E-state index in [-0.39, 0.29) is 0 Å². The highest BCUT2D eigenvalue weighted by molar-refractivity contribution is 7.80. The van der Waals surface area contributed by atoms with E-state index in [1.54, 1.807) is 0 Å². The Bertz CT molecular complexity index is 585. The van der Waals surface area contributed by atoms with Crippen LogP contribution < -0.4 is 0 Å². The lowest BCUT2D eigenvalue weighted by molar-refractivity contribution is -0.285. The zero-order chi connectivity index (χ0) is 14.6. The van der Waals surface area contributed by atoms with Gasteiger partial charge in [0.15, 0.2) is 0 Å². The summed E-state index contributed by atoms with van der Waals surface area (Å²) < 4.78 is 0. The minimum absolute atomic E-state index is 0.347. The topological polar surface area (TPSA) is 18.5 Å². The summed E-state index contributed by atoms with van der Waals surface area (Å²) in [4.78, 5) is 10.6. The van der Waals surface area contributed by atoms with Crippen molar-refractivity contribution in [1.82, 2.24) is 0 Å². The van der Waals surface area contributed by atoms with Gasteiger partial charge in [0.2, 0.25) is 5.05 Å². The van der Waals surface area contributed by atoms with Crippen LogP contribution in [-0.2, 0) is 9.78 Å². The molecule has 0 aliphatic rings. The molecule has 0 amide bonds. The molecule has 0 saturated carbocycles. The third kappa shape index (κ3) is 3.89. The van der Waals surface area contributed by atoms with Crippen LogP contribution in [0.5, 0.6) is 0 Å². The normalized spacial score (nSPS) is 11.2. The van der Waals surface area contributed by atoms with Gasteiger partial charge in [0, 0.05) is 5.56 Å². The van der Waals surface area contributed by atoms with Crippen molar-refractivity contribution in [1.29, 1.82) is 0 Å². The van der Waals surface area contributed by atoms with Crippen molar-refractivity contribution in [3.05, 3.63) is 60.2 Å². The molecular weight excluding hydrogens is 268 g/mol. The number of thiocarbonyl (C=S) groups is 1. The minimum atomic E-state index is -0.397. The molecule has 0 aromatic heterocycles. The van der Waals surface area contributed by atoms with E-state index in [0.29, 0.717) is 5.05 Å². The van der Waals surface area contributed by atoms with Gasteiger partial charge in [-0.2, -0.15) is 4.89 Å². The van der Waals surface area contributed by atoms with Crippen molar-refractivity contribution in [2.45, 2.75) is 26.4 Å². The second kappa shape index (κ2) is 6.16. The Labute approximate surface area is 125 Å². The summed E-state index contributed by atoms with van der Waals surface area (Å²) in [5.41, 5.74) is 2.60. The van der Waals surface area contributed by atoms with Crippen LogP contribution in [0.25, 0.3) is 11.1 Å². The second-order valence-electron chi connectivity index (χ2n) is 5.48. The van der Waals surface area contributed by atoms with Crippen LogP contribution in [0.1, 0.15) is 26.3 Å². The Morgan fingerprint density at radius 3 is 2.15 bits per heavy atom. The predicted molar refractivity (Wildman–Crippen MR) is 85.5 cm³/mol. The van der Waals surface area contributed by atoms with E-state index in [4.69, 9.17) is 22.0 Å². The first-order valence-corrected chi connectivity index (χ1v) is 6.93. The first kappa shape index (κ1) is 14.7. The van der Waals surface area contributed by atoms with E-state index in [9.17, 15) is 0 Å². The molecule has 2 rings (SSSR count). The third-order valence-electron chi connectivity index (χ3n) is 2.60. The molecule has 0 spiro atoms. The van der Waals surface area contributed by atoms with Crippen LogP contribution >= 0.6 is 12.2 Å². The lowest BCUT2D eigenvalue weighted by atomic mass is 10.0. The average molecular weight is 286 g/mol. The van der Waals surface area contributed by atoms with Crippen molar-refractivity contribution in [3.63, 3.8) is 0 Å². The highest BCUT2D eigenvalue weighted by Crippen LogP contribution is 2.25. The van der Waals surface area contributed by atoms with Gasteiger partial charge in [0.05, 0.1) is 0 Å². The van der Waals surface area contributed by atoms with Crippen LogP contribution in [0.4, 0.5) is 0 Å². The molecule has 0 heterocycles. The molecule has 2 aromatic rings. The minimum Gasteiger partial charge on any atom is -0.324 e. The summed E-state index contributed by atoms with van der Waals surface area (Å²) in [7, 11) is 0. The molecule has 0 aliphatic heterocycles. The maximum absolute atomic E-state index is 5.33. The first-order chi connectivity index (χ1) is 9.47. The van der Waals surface area contributed by atoms with Gasteiger partial charge < -0.3 is 4.89 Å². The molecule has 0 saturated heterocycles. The summed E-state index contributed by atoms with van der Waals surface area (Å²) in [6.45, 7) is 5.75. The molecule has 0 radical (unpaired) electrons. The van der Waals surface area contributed by atoms with Crippen molar-refractivity contribution >= 4 is 17.3 Å². The Morgan fingerprint density at radius 2 is 1.50 bits per heavy atom. The predicted octanol–water partition coefficient (Wildman–Crippen LogP) is 4.78. The number of rotatable bonds is 3. The summed E-state index contributed by atoms with van der Waals surface area (Å²) in [6.07, 6.45) is 0. The fraction of sp³-hybridized carbons (Fsp3) is 0.235. The molecule has 0 unspecified atom stereocenters. The zero-order valence-electron chi connectivity index (χ0n) is 11.9. The van der Waals surface area contributed by atoms with E-state index < -0.39 is 5.60 Å². The fourth-order valence-electron chi connectivity index (χ4n) is 1.74. The fourth-order valence-corrected chi connectivity index (χ4v) is 1.95. The van der Waals surface area contributed by atoms with E-state index in [2.05, 4.69) is 0 Å². The van der Waals surface area contributed by atoms with E-state index in [0.717, 1.165) is 16.7 Å². The molecule has 20 heavy (non-hydrogen) atoms. The van der Waals surface area contributed by atoms with E-state index >= 15 is 0 Å². The average Bonchev–Trinajstić information content (AvgIpc) is 2.45. The second-order valence-corrected chi connectivity index (χ2v) is 5.85. The maximum Gasteiger partial charge on any atom is 0.236 e. The van der Waals surface area contributed by atoms with E-state index in [1.165, 1.54) is 0 Å². The number of hydrogen-bond donors (Lipinski definition) is 0. The molecule has 0 fully saturated rings. The third-order valence-corrected chi connectivity index (χ3v) is 2.89. The van der Waals surface area contributed by atoms with Crippen molar-refractivity contribution < 1.29 is 9.78 Å². The van der Waals surface area contributed by atoms with Gasteiger partial charge >= 0.3 is 0 Å². The summed E-state index contributed by atoms with van der Waals surface area (Å²) >= 11 is 5.33. The van der Waals surface area contributed by atoms with Crippen molar-refractivity contribution in [2.24, 2.45) is 0 Å². The molecule has 2 nitrogen and oxygen atoms in total. The highest BCUT2D eigenvalue weighted by atomic mass is 32.1. The zero-order valence-corrected chi connectivity index (χ0v) is 12.7. The summed E-state index contributed by atoms with van der Waals surface area (Å²) in [5, 5.41) is 0.347. The van der Waals surface area contributed by atoms with Gasteiger partial charge in [0.25, 0.3) is 0 Å². The van der Waals surface area contributed by atoms with Gasteiger partial charge in [-0.3, -0.25) is 0 Å². The lowest BCUT2D eigenvalue weighted by Gasteiger charge is -2.19. The Balaban J connectivity index is 2.27. The van der Waals surface area contributed by atoms with E-state index in [1.807, 2.05) is 75.4 Å². The summed E-state index contributed by atoms with van der Waals surface area (Å²) in [5.74, 6) is 0. The number of benzene rings is 2. The molecule has 0 bridgehead atoms. The summed E-state index contributed by atoms with van der Waals surface area (Å²) in [6, 6.07) is 18.0. The van der Waals surface area contributed by atoms with Gasteiger partial charge in [-0.25, -0.2) is 0 Å². The van der Waals surface area contributed by atoms with Gasteiger partial charge in [-0.1, -0.05) is 48.5 Å². The van der Waals surface area contributed by atoms with Gasteiger partial charge in [-0.15, -0.1) is 0 Å². The highest BCUT2D eigenvalue weighted by Gasteiger charge is 2.16. The lowest BCUT2D eigenvalue weighted by Crippen LogP contribution is -2.21. The van der Waals surface area contributed by atoms with Crippen LogP contribution in [0, 0.1) is 0 Å².